The average molecular weight is 686 g/mol. The van der Waals surface area contributed by atoms with E-state index in [1.54, 1.807) is 0 Å². The van der Waals surface area contributed by atoms with Crippen molar-refractivity contribution in [2.24, 2.45) is 45.5 Å². The molecule has 0 bridgehead atoms. The van der Waals surface area contributed by atoms with E-state index in [9.17, 15) is 0 Å². The van der Waals surface area contributed by atoms with Crippen molar-refractivity contribution in [2.45, 2.75) is 76.9 Å². The Balaban J connectivity index is 1.14. The molecule has 9 aliphatic rings. The second-order valence-electron chi connectivity index (χ2n) is 15.6. The van der Waals surface area contributed by atoms with Crippen LogP contribution in [0.5, 0.6) is 0 Å². The maximum atomic E-state index is 6.81. The standard InChI is InChI=1S/C48H51N3O/c1-2-32-31-43(40-29-30-42(35-17-8-4-9-18-35)49-46(40)36-19-10-5-11-20-36)50-48(37-27-25-34(26-28-37)33-15-6-3-7-16-33)51-45(32)41-23-14-22-39-38-21-12-13-24-44(38)52-47(39)41/h3-8,10-15,17,19,21,23-25,27,29-30,33-34,36-39,42,44,49H,2,9,16,18,20,22,26,28,31H2,1H3. The molecule has 9 rings (SSSR count). The van der Waals surface area contributed by atoms with Crippen LogP contribution in [0.1, 0.15) is 64.7 Å². The molecule has 4 heteroatoms. The highest BCUT2D eigenvalue weighted by molar-refractivity contribution is 6.12. The molecule has 1 N–H and O–H groups in total. The van der Waals surface area contributed by atoms with Crippen LogP contribution >= 0.6 is 0 Å². The Bertz CT molecular complexity index is 1970. The molecule has 6 aliphatic carbocycles. The molecule has 4 nitrogen and oxygen atoms in total. The Kier molecular flexibility index (Phi) is 9.40. The first-order chi connectivity index (χ1) is 25.7. The second-order valence-corrected chi connectivity index (χ2v) is 15.6. The molecule has 0 radical (unpaired) electrons. The van der Waals surface area contributed by atoms with Gasteiger partial charge in [-0.1, -0.05) is 128 Å². The van der Waals surface area contributed by atoms with Crippen molar-refractivity contribution in [3.8, 4) is 0 Å². The number of allylic oxidation sites excluding steroid dienone is 20. The van der Waals surface area contributed by atoms with E-state index >= 15 is 0 Å². The topological polar surface area (TPSA) is 46.0 Å². The van der Waals surface area contributed by atoms with Gasteiger partial charge in [-0.05, 0) is 80.4 Å². The number of nitrogens with zero attached hydrogens (tertiary/aromatic N) is 2. The van der Waals surface area contributed by atoms with Crippen molar-refractivity contribution in [2.75, 3.05) is 0 Å². The number of hydrogen-bond donors (Lipinski definition) is 1. The molecule has 0 amide bonds. The van der Waals surface area contributed by atoms with Crippen molar-refractivity contribution in [1.29, 1.82) is 0 Å². The second kappa shape index (κ2) is 14.7. The fraction of sp³-hybridized carbons (Fsp3) is 0.375. The van der Waals surface area contributed by atoms with E-state index in [0.717, 1.165) is 80.8 Å². The van der Waals surface area contributed by atoms with Gasteiger partial charge < -0.3 is 10.1 Å². The van der Waals surface area contributed by atoms with E-state index in [0.29, 0.717) is 23.7 Å². The number of rotatable bonds is 7. The zero-order chi connectivity index (χ0) is 34.9. The van der Waals surface area contributed by atoms with Gasteiger partial charge in [0.1, 0.15) is 17.7 Å². The van der Waals surface area contributed by atoms with Crippen molar-refractivity contribution in [1.82, 2.24) is 5.32 Å². The molecule has 264 valence electrons. The molecule has 3 aliphatic heterocycles. The summed E-state index contributed by atoms with van der Waals surface area (Å²) < 4.78 is 6.81. The minimum atomic E-state index is 0.0972. The van der Waals surface area contributed by atoms with Crippen LogP contribution in [0, 0.1) is 35.5 Å². The molecular formula is C48H51N3O. The van der Waals surface area contributed by atoms with E-state index in [-0.39, 0.29) is 24.0 Å². The van der Waals surface area contributed by atoms with Gasteiger partial charge in [-0.2, -0.15) is 0 Å². The number of amidine groups is 1. The fourth-order valence-electron chi connectivity index (χ4n) is 9.53. The van der Waals surface area contributed by atoms with Gasteiger partial charge >= 0.3 is 0 Å². The van der Waals surface area contributed by atoms with Crippen molar-refractivity contribution >= 4 is 11.5 Å². The number of hydrogen-bond acceptors (Lipinski definition) is 4. The molecule has 0 spiro atoms. The zero-order valence-corrected chi connectivity index (χ0v) is 30.4. The number of ether oxygens (including phenoxy) is 1. The van der Waals surface area contributed by atoms with Gasteiger partial charge in [-0.25, -0.2) is 9.98 Å². The van der Waals surface area contributed by atoms with E-state index in [1.807, 2.05) is 0 Å². The van der Waals surface area contributed by atoms with Gasteiger partial charge in [-0.3, -0.25) is 0 Å². The highest BCUT2D eigenvalue weighted by Crippen LogP contribution is 2.47. The van der Waals surface area contributed by atoms with Gasteiger partial charge in [-0.15, -0.1) is 0 Å². The molecule has 3 heterocycles. The van der Waals surface area contributed by atoms with E-state index in [4.69, 9.17) is 14.7 Å². The summed E-state index contributed by atoms with van der Waals surface area (Å²) in [5.41, 5.74) is 8.70. The minimum absolute atomic E-state index is 0.0972. The van der Waals surface area contributed by atoms with Crippen LogP contribution in [-0.4, -0.2) is 23.7 Å². The van der Waals surface area contributed by atoms with Crippen LogP contribution in [0.25, 0.3) is 0 Å². The van der Waals surface area contributed by atoms with E-state index in [2.05, 4.69) is 140 Å². The highest BCUT2D eigenvalue weighted by atomic mass is 16.5. The Morgan fingerprint density at radius 2 is 1.62 bits per heavy atom. The summed E-state index contributed by atoms with van der Waals surface area (Å²) in [5, 5.41) is 4.05. The summed E-state index contributed by atoms with van der Waals surface area (Å²) >= 11 is 0. The van der Waals surface area contributed by atoms with Crippen LogP contribution in [0.2, 0.25) is 0 Å². The SMILES string of the molecule is CCC1=C(C2=C3OC4C=CC=CC4C3CC=C2)N=C(C2C=CC(C3C=CC=CC3)CC2)N=C(C2=C(C3C=CC=CC3)NC(C3=CC=CCC3)C=C2)C1. The molecule has 8 unspecified atom stereocenters. The van der Waals surface area contributed by atoms with Gasteiger partial charge in [0.2, 0.25) is 0 Å². The molecule has 0 aromatic rings. The maximum absolute atomic E-state index is 6.81. The van der Waals surface area contributed by atoms with Gasteiger partial charge in [0.25, 0.3) is 0 Å². The summed E-state index contributed by atoms with van der Waals surface area (Å²) in [7, 11) is 0. The molecule has 1 saturated heterocycles. The van der Waals surface area contributed by atoms with Crippen LogP contribution in [0.4, 0.5) is 0 Å². The summed E-state index contributed by atoms with van der Waals surface area (Å²) in [5.74, 6) is 4.37. The third kappa shape index (κ3) is 6.46. The van der Waals surface area contributed by atoms with Crippen molar-refractivity contribution in [3.05, 3.63) is 167 Å². The van der Waals surface area contributed by atoms with Crippen molar-refractivity contribution < 1.29 is 4.74 Å². The van der Waals surface area contributed by atoms with E-state index < -0.39 is 0 Å². The van der Waals surface area contributed by atoms with Crippen LogP contribution in [0.15, 0.2) is 177 Å². The quantitative estimate of drug-likeness (QED) is 0.271. The van der Waals surface area contributed by atoms with E-state index in [1.165, 1.54) is 28.0 Å². The molecule has 8 atom stereocenters. The number of dihydropyridines is 1. The largest absolute Gasteiger partial charge is 0.489 e. The number of fused-ring (bicyclic) bond motifs is 3. The first-order valence-corrected chi connectivity index (χ1v) is 19.9. The molecule has 1 fully saturated rings. The van der Waals surface area contributed by atoms with Crippen LogP contribution in [-0.2, 0) is 4.74 Å². The maximum Gasteiger partial charge on any atom is 0.136 e. The van der Waals surface area contributed by atoms with Gasteiger partial charge in [0, 0.05) is 46.9 Å². The third-order valence-corrected chi connectivity index (χ3v) is 12.5. The Labute approximate surface area is 310 Å². The number of aliphatic imine (C=N–C) groups is 2. The van der Waals surface area contributed by atoms with Gasteiger partial charge in [0.05, 0.1) is 17.5 Å². The molecule has 52 heavy (non-hydrogen) atoms. The summed E-state index contributed by atoms with van der Waals surface area (Å²) in [6.45, 7) is 2.29. The lowest BCUT2D eigenvalue weighted by atomic mass is 9.78. The molecule has 0 aromatic carbocycles. The molecule has 0 aromatic heterocycles. The minimum Gasteiger partial charge on any atom is -0.489 e. The predicted octanol–water partition coefficient (Wildman–Crippen LogP) is 10.8. The van der Waals surface area contributed by atoms with Crippen LogP contribution in [0.3, 0.4) is 0 Å². The zero-order valence-electron chi connectivity index (χ0n) is 30.4. The summed E-state index contributed by atoms with van der Waals surface area (Å²) in [4.78, 5) is 11.3. The normalized spacial score (nSPS) is 34.5. The fourth-order valence-corrected chi connectivity index (χ4v) is 9.53. The predicted molar refractivity (Wildman–Crippen MR) is 215 cm³/mol. The average Bonchev–Trinajstić information content (AvgIpc) is 3.50. The molecular weight excluding hydrogens is 635 g/mol. The Morgan fingerprint density at radius 1 is 0.731 bits per heavy atom. The lowest BCUT2D eigenvalue weighted by Crippen LogP contribution is -2.36. The monoisotopic (exact) mass is 685 g/mol. The van der Waals surface area contributed by atoms with Crippen LogP contribution < -0.4 is 5.32 Å². The smallest absolute Gasteiger partial charge is 0.136 e. The summed E-state index contributed by atoms with van der Waals surface area (Å²) in [6.07, 6.45) is 57.4. The molecule has 0 saturated carbocycles. The first kappa shape index (κ1) is 33.2. The summed E-state index contributed by atoms with van der Waals surface area (Å²) in [6, 6.07) is 0.198. The highest BCUT2D eigenvalue weighted by Gasteiger charge is 2.42. The van der Waals surface area contributed by atoms with Crippen molar-refractivity contribution in [3.63, 3.8) is 0 Å². The lowest BCUT2D eigenvalue weighted by Gasteiger charge is -2.32. The first-order valence-electron chi connectivity index (χ1n) is 19.9. The Morgan fingerprint density at radius 3 is 2.40 bits per heavy atom. The van der Waals surface area contributed by atoms with Gasteiger partial charge in [0.15, 0.2) is 0 Å². The lowest BCUT2D eigenvalue weighted by molar-refractivity contribution is 0.183. The Hall–Kier alpha value is -4.70. The third-order valence-electron chi connectivity index (χ3n) is 12.5. The number of nitrogens with one attached hydrogen (secondary N) is 1.